The number of nitrogens with one attached hydrogen (secondary N) is 2. The minimum absolute atomic E-state index is 0.0349. The van der Waals surface area contributed by atoms with Crippen LogP contribution in [0.5, 0.6) is 0 Å². The zero-order valence-electron chi connectivity index (χ0n) is 33.7. The van der Waals surface area contributed by atoms with Crippen molar-refractivity contribution in [1.82, 2.24) is 9.97 Å². The first-order valence-corrected chi connectivity index (χ1v) is 19.3. The molecule has 0 spiro atoms. The molecule has 1 aliphatic carbocycles. The second kappa shape index (κ2) is 17.3. The quantitative estimate of drug-likeness (QED) is 0.173. The summed E-state index contributed by atoms with van der Waals surface area (Å²) in [6, 6.07) is -0.571. The van der Waals surface area contributed by atoms with Gasteiger partial charge in [-0.3, -0.25) is 19.4 Å². The maximum Gasteiger partial charge on any atom is 0.334 e. The SMILES string of the molecule is C=Cc1c2[nH]c(c1C)/C=c1\[nH]/c(c(CCC(=O)OCCO)c1C)=C\C1=NC(=C\C3=NC(C2)C2(C)C3=CC=C(C(=O)OC)C2C(=O)OC)/C(C)=C1CCC(=O)OCCO. The Bertz CT molecular complexity index is 2380. The van der Waals surface area contributed by atoms with Crippen LogP contribution in [0.4, 0.5) is 0 Å². The highest BCUT2D eigenvalue weighted by atomic mass is 16.5. The Morgan fingerprint density at radius 3 is 2.22 bits per heavy atom. The summed E-state index contributed by atoms with van der Waals surface area (Å²) < 4.78 is 20.8. The van der Waals surface area contributed by atoms with E-state index in [2.05, 4.69) is 16.5 Å². The lowest BCUT2D eigenvalue weighted by Gasteiger charge is -2.40. The minimum atomic E-state index is -1.06. The zero-order chi connectivity index (χ0) is 41.9. The number of fused-ring (bicyclic) bond motifs is 9. The van der Waals surface area contributed by atoms with Crippen molar-refractivity contribution in [1.29, 1.82) is 0 Å². The Labute approximate surface area is 336 Å². The lowest BCUT2D eigenvalue weighted by Crippen LogP contribution is -2.46. The molecule has 6 rings (SSSR count). The zero-order valence-corrected chi connectivity index (χ0v) is 33.7. The summed E-state index contributed by atoms with van der Waals surface area (Å²) in [6.07, 6.45) is 12.1. The van der Waals surface area contributed by atoms with Crippen molar-refractivity contribution in [2.75, 3.05) is 40.6 Å². The number of carbonyl (C=O) groups is 4. The molecule has 4 aliphatic rings. The van der Waals surface area contributed by atoms with Gasteiger partial charge in [-0.2, -0.15) is 0 Å². The summed E-state index contributed by atoms with van der Waals surface area (Å²) in [6.45, 7) is 11.2. The maximum absolute atomic E-state index is 13.8. The molecule has 3 unspecified atom stereocenters. The molecular formula is C44H50N4O10. The average molecular weight is 795 g/mol. The van der Waals surface area contributed by atoms with Crippen LogP contribution < -0.4 is 10.7 Å². The molecule has 2 aromatic heterocycles. The molecule has 58 heavy (non-hydrogen) atoms. The monoisotopic (exact) mass is 794 g/mol. The van der Waals surface area contributed by atoms with Crippen LogP contribution in [0.3, 0.4) is 0 Å². The lowest BCUT2D eigenvalue weighted by molar-refractivity contribution is -0.151. The Hall–Kier alpha value is -5.86. The lowest BCUT2D eigenvalue weighted by atomic mass is 9.61. The van der Waals surface area contributed by atoms with E-state index in [0.717, 1.165) is 61.1 Å². The fourth-order valence-electron chi connectivity index (χ4n) is 8.47. The van der Waals surface area contributed by atoms with Crippen LogP contribution in [-0.4, -0.2) is 102 Å². The topological polar surface area (TPSA) is 202 Å². The number of H-pyrrole nitrogens is 2. The molecule has 5 heterocycles. The highest BCUT2D eigenvalue weighted by Crippen LogP contribution is 2.53. The molecule has 8 bridgehead atoms. The smallest absolute Gasteiger partial charge is 0.334 e. The number of esters is 4. The van der Waals surface area contributed by atoms with E-state index in [1.54, 1.807) is 12.2 Å². The molecule has 0 fully saturated rings. The van der Waals surface area contributed by atoms with Crippen molar-refractivity contribution >= 4 is 53.5 Å². The predicted molar refractivity (Wildman–Crippen MR) is 217 cm³/mol. The van der Waals surface area contributed by atoms with Gasteiger partial charge in [0.15, 0.2) is 0 Å². The highest BCUT2D eigenvalue weighted by Gasteiger charge is 2.57. The second-order valence-corrected chi connectivity index (χ2v) is 14.8. The van der Waals surface area contributed by atoms with E-state index in [1.165, 1.54) is 14.2 Å². The van der Waals surface area contributed by atoms with Crippen LogP contribution in [0.25, 0.3) is 18.2 Å². The molecule has 0 radical (unpaired) electrons. The number of nitrogens with zero attached hydrogens (tertiary/aromatic N) is 2. The van der Waals surface area contributed by atoms with E-state index >= 15 is 0 Å². The van der Waals surface area contributed by atoms with Gasteiger partial charge >= 0.3 is 23.9 Å². The number of allylic oxidation sites excluding steroid dienone is 5. The van der Waals surface area contributed by atoms with Crippen molar-refractivity contribution in [3.05, 3.63) is 97.1 Å². The number of aliphatic hydroxyl groups excluding tert-OH is 2. The molecular weight excluding hydrogens is 745 g/mol. The predicted octanol–water partition coefficient (Wildman–Crippen LogP) is 2.86. The van der Waals surface area contributed by atoms with Crippen LogP contribution in [0, 0.1) is 25.2 Å². The van der Waals surface area contributed by atoms with Gasteiger partial charge in [-0.1, -0.05) is 31.7 Å². The number of hydrogen-bond acceptors (Lipinski definition) is 12. The van der Waals surface area contributed by atoms with Crippen molar-refractivity contribution in [2.24, 2.45) is 21.3 Å². The number of ether oxygens (including phenoxy) is 4. The number of aromatic amines is 2. The van der Waals surface area contributed by atoms with Gasteiger partial charge in [0.1, 0.15) is 19.1 Å². The van der Waals surface area contributed by atoms with E-state index < -0.39 is 41.3 Å². The summed E-state index contributed by atoms with van der Waals surface area (Å²) in [7, 11) is 2.57. The fraction of sp³-hybridized carbons (Fsp3) is 0.409. The van der Waals surface area contributed by atoms with Crippen molar-refractivity contribution in [3.8, 4) is 0 Å². The Morgan fingerprint density at radius 2 is 1.59 bits per heavy atom. The minimum Gasteiger partial charge on any atom is -0.469 e. The molecule has 14 heteroatoms. The van der Waals surface area contributed by atoms with Gasteiger partial charge in [-0.05, 0) is 90.8 Å². The molecule has 4 N–H and O–H groups in total. The van der Waals surface area contributed by atoms with Crippen LogP contribution in [0.15, 0.2) is 62.8 Å². The van der Waals surface area contributed by atoms with Gasteiger partial charge in [0, 0.05) is 46.8 Å². The summed E-state index contributed by atoms with van der Waals surface area (Å²) in [4.78, 5) is 69.9. The molecule has 0 saturated carbocycles. The van der Waals surface area contributed by atoms with E-state index in [1.807, 2.05) is 52.0 Å². The molecule has 0 amide bonds. The van der Waals surface area contributed by atoms with Gasteiger partial charge in [-0.25, -0.2) is 9.79 Å². The largest absolute Gasteiger partial charge is 0.469 e. The number of aliphatic hydroxyl groups is 2. The third kappa shape index (κ3) is 7.73. The third-order valence-corrected chi connectivity index (χ3v) is 11.6. The first-order valence-electron chi connectivity index (χ1n) is 19.3. The normalized spacial score (nSPS) is 22.7. The van der Waals surface area contributed by atoms with Crippen LogP contribution >= 0.6 is 0 Å². The van der Waals surface area contributed by atoms with Crippen molar-refractivity contribution in [2.45, 2.75) is 65.8 Å². The van der Waals surface area contributed by atoms with Gasteiger partial charge < -0.3 is 39.1 Å². The second-order valence-electron chi connectivity index (χ2n) is 14.8. The van der Waals surface area contributed by atoms with E-state index in [4.69, 9.17) is 28.9 Å². The number of rotatable bonds is 13. The van der Waals surface area contributed by atoms with E-state index in [0.29, 0.717) is 30.0 Å². The van der Waals surface area contributed by atoms with Gasteiger partial charge in [0.2, 0.25) is 0 Å². The van der Waals surface area contributed by atoms with E-state index in [9.17, 15) is 29.4 Å². The van der Waals surface area contributed by atoms with Gasteiger partial charge in [-0.15, -0.1) is 0 Å². The molecule has 14 nitrogen and oxygen atoms in total. The molecule has 0 aromatic carbocycles. The van der Waals surface area contributed by atoms with E-state index in [-0.39, 0.29) is 51.3 Å². The molecule has 3 atom stereocenters. The molecule has 0 saturated heterocycles. The maximum atomic E-state index is 13.8. The Kier molecular flexibility index (Phi) is 12.5. The molecule has 3 aliphatic heterocycles. The number of aromatic nitrogens is 2. The Morgan fingerprint density at radius 1 is 0.897 bits per heavy atom. The van der Waals surface area contributed by atoms with Gasteiger partial charge in [0.25, 0.3) is 0 Å². The van der Waals surface area contributed by atoms with Gasteiger partial charge in [0.05, 0.1) is 56.2 Å². The molecule has 2 aromatic rings. The van der Waals surface area contributed by atoms with Crippen molar-refractivity contribution < 1.29 is 48.3 Å². The number of aliphatic imine (C=N–C) groups is 2. The highest BCUT2D eigenvalue weighted by molar-refractivity contribution is 6.24. The number of carbonyl (C=O) groups excluding carboxylic acids is 4. The molecule has 306 valence electrons. The van der Waals surface area contributed by atoms with Crippen LogP contribution in [0.1, 0.15) is 66.8 Å². The standard InChI is InChI=1S/C44H50N4O10/c1-8-26-23(2)31-19-32-24(3)27(10-13-39(51)57-17-15-49)34(45-32)21-35-28(11-14-40(52)58-18-16-50)25(4)33(46-35)20-37-30-12-9-29(42(53)55-6)41(43(54)56-7)44(30,5)38(48-37)22-36(26)47-31/h8-9,12,19-21,38,41,45,47,49-50H,1,10-11,13-18,22H2,2-7H3/b32-19-,33-20-,34-21-. The summed E-state index contributed by atoms with van der Waals surface area (Å²) in [5.41, 5.74) is 8.42. The van der Waals surface area contributed by atoms with Crippen LogP contribution in [-0.2, 0) is 51.0 Å². The summed E-state index contributed by atoms with van der Waals surface area (Å²) >= 11 is 0. The fourth-order valence-corrected chi connectivity index (χ4v) is 8.47. The first kappa shape index (κ1) is 41.8. The van der Waals surface area contributed by atoms with Crippen molar-refractivity contribution in [3.63, 3.8) is 0 Å². The third-order valence-electron chi connectivity index (χ3n) is 11.6. The summed E-state index contributed by atoms with van der Waals surface area (Å²) in [5.74, 6) is -3.18. The first-order chi connectivity index (χ1) is 27.8. The number of methoxy groups -OCH3 is 2. The number of hydrogen-bond donors (Lipinski definition) is 4. The van der Waals surface area contributed by atoms with Crippen LogP contribution in [0.2, 0.25) is 0 Å². The average Bonchev–Trinajstić information content (AvgIpc) is 3.87. The Balaban J connectivity index is 1.61. The summed E-state index contributed by atoms with van der Waals surface area (Å²) in [5, 5.41) is 19.9.